The molecule has 2 amide bonds. The third kappa shape index (κ3) is 11.4. The quantitative estimate of drug-likeness (QED) is 0.220. The first kappa shape index (κ1) is 42.0. The van der Waals surface area contributed by atoms with Gasteiger partial charge in [0.2, 0.25) is 0 Å². The number of fused-ring (bicyclic) bond motifs is 2. The second kappa shape index (κ2) is 17.8. The number of ether oxygens (including phenoxy) is 1. The van der Waals surface area contributed by atoms with Gasteiger partial charge >= 0.3 is 18.1 Å². The number of methoxy groups -OCH3 is 1. The van der Waals surface area contributed by atoms with Crippen molar-refractivity contribution in [3.63, 3.8) is 0 Å². The van der Waals surface area contributed by atoms with Gasteiger partial charge in [-0.3, -0.25) is 14.4 Å². The number of aliphatic carboxylic acids is 1. The summed E-state index contributed by atoms with van der Waals surface area (Å²) in [7, 11) is 3.48. The van der Waals surface area contributed by atoms with Gasteiger partial charge in [0.25, 0.3) is 11.8 Å². The molecule has 3 N–H and O–H groups in total. The molecule has 0 unspecified atom stereocenters. The van der Waals surface area contributed by atoms with Crippen LogP contribution in [0.1, 0.15) is 95.9 Å². The van der Waals surface area contributed by atoms with Crippen molar-refractivity contribution in [1.29, 1.82) is 0 Å². The van der Waals surface area contributed by atoms with Crippen LogP contribution in [0.5, 0.6) is 0 Å². The minimum Gasteiger partial charge on any atom is -0.475 e. The van der Waals surface area contributed by atoms with Gasteiger partial charge in [-0.2, -0.15) is 13.2 Å². The zero-order valence-electron chi connectivity index (χ0n) is 32.0. The van der Waals surface area contributed by atoms with E-state index in [2.05, 4.69) is 47.3 Å². The molecule has 0 spiro atoms. The Balaban J connectivity index is 0.000000757. The van der Waals surface area contributed by atoms with Gasteiger partial charge < -0.3 is 30.3 Å². The number of pyridine rings is 1. The molecule has 3 aromatic rings. The number of hydrogen-bond donors (Lipinski definition) is 3. The number of halogens is 3. The number of likely N-dealkylation sites (tertiary alicyclic amines) is 2. The lowest BCUT2D eigenvalue weighted by Gasteiger charge is -2.36. The summed E-state index contributed by atoms with van der Waals surface area (Å²) in [6.45, 7) is 11.2. The number of aryl methyl sites for hydroxylation is 1. The van der Waals surface area contributed by atoms with Crippen molar-refractivity contribution in [3.05, 3.63) is 57.7 Å². The third-order valence-electron chi connectivity index (χ3n) is 10.8. The highest BCUT2D eigenvalue weighted by Gasteiger charge is 2.38. The lowest BCUT2D eigenvalue weighted by Crippen LogP contribution is -2.57. The molecule has 12 nitrogen and oxygen atoms in total. The second-order valence-electron chi connectivity index (χ2n) is 15.9. The van der Waals surface area contributed by atoms with Gasteiger partial charge in [0, 0.05) is 37.3 Å². The fourth-order valence-corrected chi connectivity index (χ4v) is 8.24. The van der Waals surface area contributed by atoms with Crippen LogP contribution in [0.2, 0.25) is 0 Å². The molecule has 3 aliphatic rings. The largest absolute Gasteiger partial charge is 0.490 e. The molecular weight excluding hydrogens is 738 g/mol. The molecule has 1 aliphatic carbocycles. The number of aromatic nitrogens is 2. The summed E-state index contributed by atoms with van der Waals surface area (Å²) in [4.78, 5) is 62.7. The number of thiazole rings is 1. The highest BCUT2D eigenvalue weighted by Crippen LogP contribution is 2.38. The minimum absolute atomic E-state index is 0.0948. The number of carboxylic acids is 1. The van der Waals surface area contributed by atoms with Gasteiger partial charge in [-0.25, -0.2) is 14.8 Å². The van der Waals surface area contributed by atoms with E-state index in [1.807, 2.05) is 31.3 Å². The van der Waals surface area contributed by atoms with E-state index in [9.17, 15) is 27.6 Å². The molecule has 0 radical (unpaired) electrons. The van der Waals surface area contributed by atoms with E-state index < -0.39 is 12.1 Å². The molecule has 55 heavy (non-hydrogen) atoms. The van der Waals surface area contributed by atoms with Crippen LogP contribution in [0, 0.1) is 17.3 Å². The van der Waals surface area contributed by atoms with Gasteiger partial charge in [0.15, 0.2) is 5.01 Å². The van der Waals surface area contributed by atoms with Gasteiger partial charge in [0.1, 0.15) is 10.3 Å². The fraction of sp³-hybridized carbons (Fsp3) is 0.590. The number of rotatable bonds is 10. The predicted octanol–water partition coefficient (Wildman–Crippen LogP) is 5.66. The van der Waals surface area contributed by atoms with E-state index in [0.29, 0.717) is 35.2 Å². The van der Waals surface area contributed by atoms with E-state index in [1.165, 1.54) is 24.0 Å². The van der Waals surface area contributed by atoms with Crippen molar-refractivity contribution in [3.8, 4) is 0 Å². The fourth-order valence-electron chi connectivity index (χ4n) is 7.39. The van der Waals surface area contributed by atoms with Crippen LogP contribution in [0.3, 0.4) is 0 Å². The van der Waals surface area contributed by atoms with Gasteiger partial charge in [-0.15, -0.1) is 0 Å². The minimum atomic E-state index is -5.08. The lowest BCUT2D eigenvalue weighted by atomic mass is 9.71. The summed E-state index contributed by atoms with van der Waals surface area (Å²) < 4.78 is 36.6. The number of nitrogens with one attached hydrogen (secondary N) is 2. The van der Waals surface area contributed by atoms with Crippen LogP contribution in [0.4, 0.5) is 13.2 Å². The third-order valence-corrected chi connectivity index (χ3v) is 11.8. The molecule has 2 aromatic heterocycles. The molecule has 2 atom stereocenters. The summed E-state index contributed by atoms with van der Waals surface area (Å²) in [5.41, 5.74) is 4.89. The second-order valence-corrected chi connectivity index (χ2v) is 16.9. The maximum atomic E-state index is 13.8. The molecule has 16 heteroatoms. The topological polar surface area (TPSA) is 154 Å². The normalized spacial score (nSPS) is 19.0. The Hall–Kier alpha value is -4.15. The summed E-state index contributed by atoms with van der Waals surface area (Å²) in [5, 5.41) is 13.9. The molecule has 4 heterocycles. The number of hydrogen-bond acceptors (Lipinski definition) is 10. The summed E-state index contributed by atoms with van der Waals surface area (Å²) in [5.74, 6) is -2.29. The number of carbonyl (C=O) groups excluding carboxylic acids is 3. The first-order chi connectivity index (χ1) is 25.9. The Kier molecular flexibility index (Phi) is 13.6. The van der Waals surface area contributed by atoms with Crippen LogP contribution >= 0.6 is 11.3 Å². The van der Waals surface area contributed by atoms with Crippen molar-refractivity contribution >= 4 is 45.4 Å². The lowest BCUT2D eigenvalue weighted by molar-refractivity contribution is -0.192. The monoisotopic (exact) mass is 788 g/mol. The predicted molar refractivity (Wildman–Crippen MR) is 202 cm³/mol. The SMILES string of the molecule is COC(=O)CC1CCN(CC[C@@H](NC(=O)c2nc3cc4c(nc3s2)CC[C@H](C(C)(C)C)C4)c2cccc(C(=O)NC3CN(C)C3)c2)CC1.O=C(O)C(F)(F)F. The molecule has 1 aromatic carbocycles. The molecule has 2 fully saturated rings. The first-order valence-corrected chi connectivity index (χ1v) is 19.5. The molecular formula is C39H51F3N6O6S. The van der Waals surface area contributed by atoms with E-state index >= 15 is 0 Å². The maximum absolute atomic E-state index is 13.8. The molecule has 0 bridgehead atoms. The van der Waals surface area contributed by atoms with Crippen molar-refractivity contribution in [2.75, 3.05) is 46.9 Å². The number of piperidine rings is 1. The van der Waals surface area contributed by atoms with E-state index in [1.54, 1.807) is 0 Å². The maximum Gasteiger partial charge on any atom is 0.490 e. The number of carbonyl (C=O) groups is 4. The average Bonchev–Trinajstić information content (AvgIpc) is 3.54. The standard InChI is InChI=1S/C37H50N6O4S.C2HF3O2/c1-37(2,3)27-9-10-29-26(19-27)20-31-35(40-29)48-36(41-31)34(46)39-30(13-16-43-14-11-23(12-15-43)17-32(44)47-5)24-7-6-8-25(18-24)33(45)38-28-21-42(4)22-28;3-2(4,5)1(6)7/h6-8,18,20,23,27-28,30H,9-17,19,21-22H2,1-5H3,(H,38,45)(H,39,46);(H,6,7)/t27-,30+;/m0./s1. The van der Waals surface area contributed by atoms with Crippen molar-refractivity contribution < 1.29 is 42.2 Å². The average molecular weight is 789 g/mol. The van der Waals surface area contributed by atoms with Crippen LogP contribution in [0.15, 0.2) is 30.3 Å². The highest BCUT2D eigenvalue weighted by atomic mass is 32.1. The van der Waals surface area contributed by atoms with Crippen LogP contribution in [0.25, 0.3) is 10.3 Å². The number of likely N-dealkylation sites (N-methyl/N-ethyl adjacent to an activating group) is 1. The number of carboxylic acid groups (broad SMARTS) is 1. The Bertz CT molecular complexity index is 1850. The summed E-state index contributed by atoms with van der Waals surface area (Å²) in [6, 6.07) is 9.61. The van der Waals surface area contributed by atoms with E-state index in [4.69, 9.17) is 24.6 Å². The highest BCUT2D eigenvalue weighted by molar-refractivity contribution is 7.19. The zero-order chi connectivity index (χ0) is 40.1. The summed E-state index contributed by atoms with van der Waals surface area (Å²) >= 11 is 1.35. The molecule has 2 aliphatic heterocycles. The molecule has 2 saturated heterocycles. The molecule has 6 rings (SSSR count). The number of amides is 2. The smallest absolute Gasteiger partial charge is 0.475 e. The Morgan fingerprint density at radius 2 is 1.73 bits per heavy atom. The van der Waals surface area contributed by atoms with Crippen LogP contribution in [-0.4, -0.2) is 108 Å². The summed E-state index contributed by atoms with van der Waals surface area (Å²) in [6.07, 6.45) is 1.01. The first-order valence-electron chi connectivity index (χ1n) is 18.7. The van der Waals surface area contributed by atoms with Gasteiger partial charge in [-0.05, 0) is 105 Å². The number of alkyl halides is 3. The Morgan fingerprint density at radius 3 is 2.35 bits per heavy atom. The van der Waals surface area contributed by atoms with Gasteiger partial charge in [-0.1, -0.05) is 44.2 Å². The van der Waals surface area contributed by atoms with E-state index in [0.717, 1.165) is 86.4 Å². The van der Waals surface area contributed by atoms with Gasteiger partial charge in [0.05, 0.1) is 19.2 Å². The number of benzene rings is 1. The van der Waals surface area contributed by atoms with Crippen molar-refractivity contribution in [2.24, 2.45) is 17.3 Å². The number of esters is 1. The Morgan fingerprint density at radius 1 is 1.04 bits per heavy atom. The van der Waals surface area contributed by atoms with Crippen molar-refractivity contribution in [2.45, 2.75) is 84.0 Å². The number of nitrogens with zero attached hydrogens (tertiary/aromatic N) is 4. The van der Waals surface area contributed by atoms with E-state index in [-0.39, 0.29) is 35.3 Å². The molecule has 0 saturated carbocycles. The Labute approximate surface area is 323 Å². The zero-order valence-corrected chi connectivity index (χ0v) is 32.8. The van der Waals surface area contributed by atoms with Crippen LogP contribution in [-0.2, 0) is 27.2 Å². The van der Waals surface area contributed by atoms with Crippen LogP contribution < -0.4 is 10.6 Å². The molecule has 300 valence electrons. The van der Waals surface area contributed by atoms with Crippen molar-refractivity contribution in [1.82, 2.24) is 30.4 Å².